The molecule has 3 nitrogen and oxygen atoms in total. The average molecular weight is 279 g/mol. The first kappa shape index (κ1) is 13.7. The zero-order valence-corrected chi connectivity index (χ0v) is 11.3. The third-order valence-electron chi connectivity index (χ3n) is 2.70. The van der Waals surface area contributed by atoms with Crippen LogP contribution in [0.4, 0.5) is 0 Å². The fourth-order valence-electron chi connectivity index (χ4n) is 1.65. The van der Waals surface area contributed by atoms with Gasteiger partial charge in [0.25, 0.3) is 0 Å². The highest BCUT2D eigenvalue weighted by Crippen LogP contribution is 2.21. The Morgan fingerprint density at radius 3 is 2.47 bits per heavy atom. The molecule has 0 heterocycles. The van der Waals surface area contributed by atoms with E-state index < -0.39 is 6.10 Å². The number of hydrogen-bond donors (Lipinski definition) is 1. The van der Waals surface area contributed by atoms with Crippen LogP contribution in [0.1, 0.15) is 11.7 Å². The number of methoxy groups -OCH3 is 1. The van der Waals surface area contributed by atoms with Crippen LogP contribution in [0.3, 0.4) is 0 Å². The maximum Gasteiger partial charge on any atom is 0.120 e. The molecule has 0 aliphatic heterocycles. The standard InChI is InChI=1S/C15H15ClO3/c1-18-13-7-5-11(6-8-13)15(17)10-19-14-4-2-3-12(16)9-14/h2-9,15,17H,10H2,1H3. The van der Waals surface area contributed by atoms with Gasteiger partial charge in [-0.25, -0.2) is 0 Å². The summed E-state index contributed by atoms with van der Waals surface area (Å²) >= 11 is 5.85. The van der Waals surface area contributed by atoms with Crippen LogP contribution in [0.2, 0.25) is 5.02 Å². The Bertz CT molecular complexity index is 525. The quantitative estimate of drug-likeness (QED) is 0.910. The lowest BCUT2D eigenvalue weighted by Crippen LogP contribution is -2.09. The maximum atomic E-state index is 10.0. The second-order valence-electron chi connectivity index (χ2n) is 4.06. The third-order valence-corrected chi connectivity index (χ3v) is 2.94. The van der Waals surface area contributed by atoms with Crippen molar-refractivity contribution < 1.29 is 14.6 Å². The minimum atomic E-state index is -0.690. The minimum Gasteiger partial charge on any atom is -0.497 e. The van der Waals surface area contributed by atoms with Crippen LogP contribution in [0.25, 0.3) is 0 Å². The van der Waals surface area contributed by atoms with Crippen molar-refractivity contribution in [3.05, 3.63) is 59.1 Å². The molecule has 1 N–H and O–H groups in total. The smallest absolute Gasteiger partial charge is 0.120 e. The van der Waals surface area contributed by atoms with Crippen LogP contribution >= 0.6 is 11.6 Å². The van der Waals surface area contributed by atoms with Crippen molar-refractivity contribution >= 4 is 11.6 Å². The van der Waals surface area contributed by atoms with Gasteiger partial charge in [-0.3, -0.25) is 0 Å². The second kappa shape index (κ2) is 6.45. The first-order chi connectivity index (χ1) is 9.19. The van der Waals surface area contributed by atoms with E-state index in [9.17, 15) is 5.11 Å². The molecule has 0 radical (unpaired) electrons. The molecule has 0 saturated heterocycles. The van der Waals surface area contributed by atoms with Gasteiger partial charge in [0, 0.05) is 5.02 Å². The fourth-order valence-corrected chi connectivity index (χ4v) is 1.83. The molecule has 0 saturated carbocycles. The molecule has 100 valence electrons. The molecular weight excluding hydrogens is 264 g/mol. The summed E-state index contributed by atoms with van der Waals surface area (Å²) in [6.45, 7) is 0.173. The van der Waals surface area contributed by atoms with Gasteiger partial charge >= 0.3 is 0 Å². The fraction of sp³-hybridized carbons (Fsp3) is 0.200. The molecule has 2 aromatic carbocycles. The molecule has 2 rings (SSSR count). The Labute approximate surface area is 117 Å². The largest absolute Gasteiger partial charge is 0.497 e. The predicted octanol–water partition coefficient (Wildman–Crippen LogP) is 3.46. The van der Waals surface area contributed by atoms with E-state index in [0.717, 1.165) is 11.3 Å². The molecule has 1 atom stereocenters. The third kappa shape index (κ3) is 3.88. The van der Waals surface area contributed by atoms with Crippen molar-refractivity contribution in [2.24, 2.45) is 0 Å². The van der Waals surface area contributed by atoms with Gasteiger partial charge in [0.15, 0.2) is 0 Å². The minimum absolute atomic E-state index is 0.173. The average Bonchev–Trinajstić information content (AvgIpc) is 2.45. The molecular formula is C15H15ClO3. The highest BCUT2D eigenvalue weighted by atomic mass is 35.5. The molecule has 0 aliphatic rings. The van der Waals surface area contributed by atoms with Gasteiger partial charge in [0.2, 0.25) is 0 Å². The van der Waals surface area contributed by atoms with E-state index in [2.05, 4.69) is 0 Å². The van der Waals surface area contributed by atoms with Crippen LogP contribution in [0.15, 0.2) is 48.5 Å². The van der Waals surface area contributed by atoms with Crippen LogP contribution in [-0.2, 0) is 0 Å². The molecule has 0 bridgehead atoms. The van der Waals surface area contributed by atoms with Gasteiger partial charge in [-0.15, -0.1) is 0 Å². The highest BCUT2D eigenvalue weighted by molar-refractivity contribution is 6.30. The lowest BCUT2D eigenvalue weighted by molar-refractivity contribution is 0.108. The van der Waals surface area contributed by atoms with E-state index in [4.69, 9.17) is 21.1 Å². The van der Waals surface area contributed by atoms with Gasteiger partial charge in [-0.05, 0) is 35.9 Å². The number of ether oxygens (including phenoxy) is 2. The van der Waals surface area contributed by atoms with E-state index in [1.54, 1.807) is 43.5 Å². The van der Waals surface area contributed by atoms with Crippen molar-refractivity contribution in [2.75, 3.05) is 13.7 Å². The molecule has 19 heavy (non-hydrogen) atoms. The van der Waals surface area contributed by atoms with E-state index in [0.29, 0.717) is 10.8 Å². The van der Waals surface area contributed by atoms with E-state index in [-0.39, 0.29) is 6.61 Å². The van der Waals surface area contributed by atoms with E-state index in [1.165, 1.54) is 0 Å². The summed E-state index contributed by atoms with van der Waals surface area (Å²) < 4.78 is 10.6. The number of hydrogen-bond acceptors (Lipinski definition) is 3. The Balaban J connectivity index is 1.95. The maximum absolute atomic E-state index is 10.0. The summed E-state index contributed by atoms with van der Waals surface area (Å²) in [4.78, 5) is 0. The summed E-state index contributed by atoms with van der Waals surface area (Å²) in [5, 5.41) is 10.6. The molecule has 0 aliphatic carbocycles. The molecule has 2 aromatic rings. The molecule has 0 spiro atoms. The van der Waals surface area contributed by atoms with Crippen LogP contribution < -0.4 is 9.47 Å². The summed E-state index contributed by atoms with van der Waals surface area (Å²) in [6, 6.07) is 14.3. The lowest BCUT2D eigenvalue weighted by atomic mass is 10.1. The van der Waals surface area contributed by atoms with Crippen LogP contribution in [0, 0.1) is 0 Å². The first-order valence-electron chi connectivity index (χ1n) is 5.89. The van der Waals surface area contributed by atoms with Crippen molar-refractivity contribution in [3.63, 3.8) is 0 Å². The number of benzene rings is 2. The predicted molar refractivity (Wildman–Crippen MR) is 74.9 cm³/mol. The monoisotopic (exact) mass is 278 g/mol. The molecule has 0 amide bonds. The van der Waals surface area contributed by atoms with Gasteiger partial charge in [0.1, 0.15) is 24.2 Å². The number of aliphatic hydroxyl groups excluding tert-OH is 1. The SMILES string of the molecule is COc1ccc(C(O)COc2cccc(Cl)c2)cc1. The number of halogens is 1. The first-order valence-corrected chi connectivity index (χ1v) is 6.27. The number of aliphatic hydroxyl groups is 1. The van der Waals surface area contributed by atoms with E-state index in [1.807, 2.05) is 12.1 Å². The Morgan fingerprint density at radius 2 is 1.84 bits per heavy atom. The van der Waals surface area contributed by atoms with Crippen molar-refractivity contribution in [3.8, 4) is 11.5 Å². The van der Waals surface area contributed by atoms with Crippen molar-refractivity contribution in [1.82, 2.24) is 0 Å². The Kier molecular flexibility index (Phi) is 4.66. The van der Waals surface area contributed by atoms with Crippen LogP contribution in [0.5, 0.6) is 11.5 Å². The summed E-state index contributed by atoms with van der Waals surface area (Å²) in [5.74, 6) is 1.40. The zero-order chi connectivity index (χ0) is 13.7. The Morgan fingerprint density at radius 1 is 1.11 bits per heavy atom. The summed E-state index contributed by atoms with van der Waals surface area (Å²) in [5.41, 5.74) is 0.780. The van der Waals surface area contributed by atoms with Gasteiger partial charge in [0.05, 0.1) is 7.11 Å². The summed E-state index contributed by atoms with van der Waals surface area (Å²) in [7, 11) is 1.60. The van der Waals surface area contributed by atoms with Gasteiger partial charge in [-0.2, -0.15) is 0 Å². The lowest BCUT2D eigenvalue weighted by Gasteiger charge is -2.13. The van der Waals surface area contributed by atoms with Crippen molar-refractivity contribution in [2.45, 2.75) is 6.10 Å². The molecule has 1 unspecified atom stereocenters. The highest BCUT2D eigenvalue weighted by Gasteiger charge is 2.08. The normalized spacial score (nSPS) is 11.9. The topological polar surface area (TPSA) is 38.7 Å². The molecule has 0 fully saturated rings. The van der Waals surface area contributed by atoms with Gasteiger partial charge in [-0.1, -0.05) is 29.8 Å². The number of rotatable bonds is 5. The Hall–Kier alpha value is -1.71. The van der Waals surface area contributed by atoms with Crippen molar-refractivity contribution in [1.29, 1.82) is 0 Å². The van der Waals surface area contributed by atoms with Gasteiger partial charge < -0.3 is 14.6 Å². The van der Waals surface area contributed by atoms with E-state index >= 15 is 0 Å². The molecule has 4 heteroatoms. The zero-order valence-electron chi connectivity index (χ0n) is 10.5. The summed E-state index contributed by atoms with van der Waals surface area (Å²) in [6.07, 6.45) is -0.690. The molecule has 0 aromatic heterocycles. The second-order valence-corrected chi connectivity index (χ2v) is 4.49. The van der Waals surface area contributed by atoms with Crippen LogP contribution in [-0.4, -0.2) is 18.8 Å².